The van der Waals surface area contributed by atoms with Gasteiger partial charge in [0.1, 0.15) is 40.6 Å². The Bertz CT molecular complexity index is 2350. The Balaban J connectivity index is 1.15. The molecule has 0 spiro atoms. The largest absolute Gasteiger partial charge is 0.470 e. The average Bonchev–Trinajstić information content (AvgIpc) is 4.08. The Morgan fingerprint density at radius 1 is 1.04 bits per heavy atom. The zero-order valence-electron chi connectivity index (χ0n) is 30.5. The molecule has 15 nitrogen and oxygen atoms in total. The molecule has 4 amide bonds. The minimum Gasteiger partial charge on any atom is -0.470 e. The molecule has 4 aromatic rings. The van der Waals surface area contributed by atoms with Crippen LogP contribution in [0.15, 0.2) is 65.1 Å². The van der Waals surface area contributed by atoms with Crippen molar-refractivity contribution in [2.45, 2.75) is 86.8 Å². The molecule has 3 fully saturated rings. The number of carbonyl (C=O) groups is 4. The van der Waals surface area contributed by atoms with E-state index in [1.807, 2.05) is 24.3 Å². The van der Waals surface area contributed by atoms with Crippen molar-refractivity contribution in [3.63, 3.8) is 0 Å². The van der Waals surface area contributed by atoms with Gasteiger partial charge in [0.05, 0.1) is 18.9 Å². The summed E-state index contributed by atoms with van der Waals surface area (Å²) in [7, 11) is -2.74. The monoisotopic (exact) mass is 788 g/mol. The van der Waals surface area contributed by atoms with E-state index in [0.29, 0.717) is 47.7 Å². The topological polar surface area (TPSA) is 199 Å². The maximum absolute atomic E-state index is 14.4. The zero-order chi connectivity index (χ0) is 39.2. The molecule has 2 aliphatic carbocycles. The number of furan rings is 1. The molecule has 8 rings (SSSR count). The molecule has 5 atom stereocenters. The highest BCUT2D eigenvalue weighted by atomic mass is 32.2. The maximum atomic E-state index is 14.4. The Labute approximate surface area is 321 Å². The summed E-state index contributed by atoms with van der Waals surface area (Å²) < 4.78 is 59.3. The van der Waals surface area contributed by atoms with E-state index in [1.54, 1.807) is 12.1 Å². The molecule has 0 radical (unpaired) electrons. The van der Waals surface area contributed by atoms with Gasteiger partial charge in [0, 0.05) is 23.3 Å². The number of sulfonamides is 1. The first-order valence-corrected chi connectivity index (χ1v) is 20.3. The van der Waals surface area contributed by atoms with E-state index in [9.17, 15) is 32.0 Å². The lowest BCUT2D eigenvalue weighted by molar-refractivity contribution is -0.141. The summed E-state index contributed by atoms with van der Waals surface area (Å²) in [6.07, 6.45) is 6.13. The van der Waals surface area contributed by atoms with Crippen molar-refractivity contribution in [2.75, 3.05) is 13.7 Å². The van der Waals surface area contributed by atoms with Crippen molar-refractivity contribution in [1.29, 1.82) is 0 Å². The summed E-state index contributed by atoms with van der Waals surface area (Å²) in [5.74, 6) is -2.71. The minimum atomic E-state index is -3.93. The van der Waals surface area contributed by atoms with Crippen LogP contribution in [0.25, 0.3) is 33.5 Å². The number of alkyl carbamates (subject to hydrolysis) is 1. The van der Waals surface area contributed by atoms with Crippen LogP contribution in [0.2, 0.25) is 0 Å². The van der Waals surface area contributed by atoms with E-state index in [0.717, 1.165) is 12.8 Å². The number of para-hydroxylation sites is 1. The second-order valence-electron chi connectivity index (χ2n) is 14.8. The Hall–Kier alpha value is -5.58. The molecule has 2 aliphatic heterocycles. The van der Waals surface area contributed by atoms with Crippen LogP contribution in [0.3, 0.4) is 0 Å². The van der Waals surface area contributed by atoms with Crippen molar-refractivity contribution in [2.24, 2.45) is 5.92 Å². The van der Waals surface area contributed by atoms with E-state index in [4.69, 9.17) is 18.9 Å². The summed E-state index contributed by atoms with van der Waals surface area (Å²) in [4.78, 5) is 65.7. The second-order valence-corrected chi connectivity index (χ2v) is 16.8. The van der Waals surface area contributed by atoms with Crippen molar-refractivity contribution in [3.05, 3.63) is 66.5 Å². The molecule has 56 heavy (non-hydrogen) atoms. The predicted molar refractivity (Wildman–Crippen MR) is 200 cm³/mol. The predicted octanol–water partition coefficient (Wildman–Crippen LogP) is 4.26. The van der Waals surface area contributed by atoms with Crippen molar-refractivity contribution >= 4 is 55.9 Å². The van der Waals surface area contributed by atoms with Crippen LogP contribution >= 0.6 is 0 Å². The van der Waals surface area contributed by atoms with Crippen LogP contribution in [0.1, 0.15) is 57.8 Å². The highest BCUT2D eigenvalue weighted by Gasteiger charge is 2.62. The van der Waals surface area contributed by atoms with Gasteiger partial charge in [0.25, 0.3) is 11.8 Å². The molecule has 1 saturated heterocycles. The maximum Gasteiger partial charge on any atom is 0.407 e. The van der Waals surface area contributed by atoms with Gasteiger partial charge in [-0.15, -0.1) is 0 Å². The molecule has 0 unspecified atom stereocenters. The summed E-state index contributed by atoms with van der Waals surface area (Å²) >= 11 is 0. The fraction of sp³-hybridized carbons (Fsp3) is 0.436. The Morgan fingerprint density at radius 3 is 2.59 bits per heavy atom. The number of nitrogens with one attached hydrogen (secondary N) is 3. The average molecular weight is 789 g/mol. The molecule has 2 aromatic heterocycles. The Kier molecular flexibility index (Phi) is 9.88. The third-order valence-electron chi connectivity index (χ3n) is 10.9. The Morgan fingerprint density at radius 2 is 1.82 bits per heavy atom. The quantitative estimate of drug-likeness (QED) is 0.226. The summed E-state index contributed by atoms with van der Waals surface area (Å²) in [6, 6.07) is 10.6. The van der Waals surface area contributed by atoms with Gasteiger partial charge in [-0.1, -0.05) is 37.1 Å². The normalized spacial score (nSPS) is 26.3. The fourth-order valence-corrected chi connectivity index (χ4v) is 8.94. The van der Waals surface area contributed by atoms with Crippen molar-refractivity contribution < 1.29 is 45.9 Å². The molecule has 17 heteroatoms. The van der Waals surface area contributed by atoms with E-state index < -0.39 is 74.5 Å². The number of ether oxygens (including phenoxy) is 2. The first-order chi connectivity index (χ1) is 27.0. The van der Waals surface area contributed by atoms with Gasteiger partial charge < -0.3 is 29.4 Å². The molecule has 2 saturated carbocycles. The number of carbonyl (C=O) groups excluding carboxylic acids is 4. The number of amides is 4. The van der Waals surface area contributed by atoms with E-state index in [-0.39, 0.29) is 43.1 Å². The number of aromatic nitrogens is 2. The first kappa shape index (κ1) is 37.3. The van der Waals surface area contributed by atoms with Gasteiger partial charge in [-0.3, -0.25) is 19.1 Å². The van der Waals surface area contributed by atoms with Crippen LogP contribution in [-0.4, -0.2) is 89.7 Å². The molecule has 3 N–H and O–H groups in total. The number of hydrogen-bond donors (Lipinski definition) is 3. The van der Waals surface area contributed by atoms with Gasteiger partial charge in [-0.2, -0.15) is 4.98 Å². The van der Waals surface area contributed by atoms with Crippen molar-refractivity contribution in [1.82, 2.24) is 30.2 Å². The molecular formula is C39H41FN6O9S. The molecular weight excluding hydrogens is 748 g/mol. The highest BCUT2D eigenvalue weighted by Crippen LogP contribution is 2.46. The summed E-state index contributed by atoms with van der Waals surface area (Å²) in [5, 5.41) is 5.49. The zero-order valence-corrected chi connectivity index (χ0v) is 31.3. The number of hydrogen-bond acceptors (Lipinski definition) is 11. The molecule has 4 aliphatic rings. The minimum absolute atomic E-state index is 0.0314. The number of halogens is 1. The van der Waals surface area contributed by atoms with Crippen LogP contribution < -0.4 is 20.1 Å². The van der Waals surface area contributed by atoms with E-state index in [1.165, 1.54) is 36.3 Å². The third kappa shape index (κ3) is 7.39. The van der Waals surface area contributed by atoms with Crippen LogP contribution in [0, 0.1) is 11.7 Å². The second kappa shape index (κ2) is 14.8. The lowest BCUT2D eigenvalue weighted by Crippen LogP contribution is -2.58. The summed E-state index contributed by atoms with van der Waals surface area (Å²) in [5.41, 5.74) is 0.140. The first-order valence-electron chi connectivity index (χ1n) is 18.8. The van der Waals surface area contributed by atoms with Gasteiger partial charge in [-0.25, -0.2) is 22.6 Å². The van der Waals surface area contributed by atoms with Gasteiger partial charge in [0.15, 0.2) is 5.82 Å². The van der Waals surface area contributed by atoms with E-state index >= 15 is 0 Å². The molecule has 4 heterocycles. The SMILES string of the molecule is COC(=O)N[C@H]1CCCCC/C=C\[C@@H]2C[C@@]2(C(=O)NS(=O)(=O)C2CC2)NC(=O)[C@@H]2C[C@@H](Oc3nc(-c4ccc(F)cc4)nc4c3oc3ccccc34)CN2C1=O. The smallest absolute Gasteiger partial charge is 0.407 e. The van der Waals surface area contributed by atoms with E-state index in [2.05, 4.69) is 20.3 Å². The molecule has 294 valence electrons. The molecule has 0 bridgehead atoms. The lowest BCUT2D eigenvalue weighted by atomic mass is 10.1. The van der Waals surface area contributed by atoms with Crippen molar-refractivity contribution in [3.8, 4) is 17.3 Å². The van der Waals surface area contributed by atoms with Crippen LogP contribution in [-0.2, 0) is 29.1 Å². The number of benzene rings is 2. The standard InChI is InChI=1S/C39H41FN6O9S/c1-53-38(50)41-28-11-6-4-2-3-5-9-23-20-39(23,37(49)45-56(51,52)26-17-18-26)44-34(47)29-19-25(21-46(29)36(28)48)54-35-32-31(27-10-7-8-12-30(27)55-32)42-33(43-35)22-13-15-24(40)16-14-22/h5,7-10,12-16,23,25-26,28-29H,2-4,6,11,17-21H2,1H3,(H,41,50)(H,44,47)(H,45,49)/b9-5-/t23-,25-,28+,29+,39-/m1/s1. The molecule has 2 aromatic carbocycles. The number of allylic oxidation sites excluding steroid dienone is 1. The van der Waals surface area contributed by atoms with Gasteiger partial charge in [-0.05, 0) is 74.9 Å². The fourth-order valence-electron chi connectivity index (χ4n) is 7.58. The summed E-state index contributed by atoms with van der Waals surface area (Å²) in [6.45, 7) is -0.119. The number of rotatable bonds is 7. The van der Waals surface area contributed by atoms with Gasteiger partial charge >= 0.3 is 6.09 Å². The highest BCUT2D eigenvalue weighted by molar-refractivity contribution is 7.91. The van der Waals surface area contributed by atoms with Crippen LogP contribution in [0.5, 0.6) is 5.88 Å². The number of fused-ring (bicyclic) bond motifs is 5. The number of methoxy groups -OCH3 is 1. The van der Waals surface area contributed by atoms with Gasteiger partial charge in [0.2, 0.25) is 27.4 Å². The number of nitrogens with zero attached hydrogens (tertiary/aromatic N) is 3. The van der Waals surface area contributed by atoms with Crippen LogP contribution in [0.4, 0.5) is 9.18 Å². The lowest BCUT2D eigenvalue weighted by Gasteiger charge is -2.29. The third-order valence-corrected chi connectivity index (χ3v) is 12.7.